The molecule has 0 aliphatic carbocycles. The van der Waals surface area contributed by atoms with Crippen molar-refractivity contribution in [2.75, 3.05) is 32.8 Å². The fraction of sp³-hybridized carbons (Fsp3) is 0.244. The summed E-state index contributed by atoms with van der Waals surface area (Å²) in [6.45, 7) is 6.10. The number of benzene rings is 3. The molecule has 1 amide bonds. The van der Waals surface area contributed by atoms with Gasteiger partial charge in [-0.3, -0.25) is 9.69 Å². The molecule has 0 atom stereocenters. The molecule has 0 bridgehead atoms. The van der Waals surface area contributed by atoms with Crippen molar-refractivity contribution in [3.05, 3.63) is 147 Å². The zero-order valence-electron chi connectivity index (χ0n) is 29.4. The van der Waals surface area contributed by atoms with Crippen LogP contribution in [-0.2, 0) is 30.5 Å². The van der Waals surface area contributed by atoms with Crippen LogP contribution in [0.3, 0.4) is 0 Å². The highest BCUT2D eigenvalue weighted by atomic mass is 35.5. The molecule has 0 N–H and O–H groups in total. The number of amides is 1. The maximum absolute atomic E-state index is 13.0. The third-order valence-electron chi connectivity index (χ3n) is 8.73. The number of carbonyl (C=O) groups excluding carboxylic acids is 1. The Morgan fingerprint density at radius 1 is 0.815 bits per heavy atom. The molecule has 54 heavy (non-hydrogen) atoms. The first kappa shape index (κ1) is 38.6. The van der Waals surface area contributed by atoms with Crippen molar-refractivity contribution in [3.8, 4) is 23.3 Å². The van der Waals surface area contributed by atoms with Crippen LogP contribution in [0, 0.1) is 6.92 Å². The Morgan fingerprint density at radius 3 is 2.15 bits per heavy atom. The Labute approximate surface area is 321 Å². The van der Waals surface area contributed by atoms with E-state index in [1.807, 2.05) is 17.9 Å². The Kier molecular flexibility index (Phi) is 12.7. The monoisotopic (exact) mass is 776 g/mol. The summed E-state index contributed by atoms with van der Waals surface area (Å²) in [4.78, 5) is 25.6. The first-order valence-corrected chi connectivity index (χ1v) is 18.0. The van der Waals surface area contributed by atoms with E-state index in [0.29, 0.717) is 52.7 Å². The minimum atomic E-state index is -4.39. The van der Waals surface area contributed by atoms with Gasteiger partial charge >= 0.3 is 6.18 Å². The maximum Gasteiger partial charge on any atom is 0.416 e. The minimum Gasteiger partial charge on any atom is -0.487 e. The van der Waals surface area contributed by atoms with Gasteiger partial charge in [-0.05, 0) is 77.2 Å². The number of carbonyl (C=O) groups is 1. The molecule has 1 aliphatic heterocycles. The molecule has 3 heterocycles. The molecule has 0 saturated carbocycles. The number of ether oxygens (including phenoxy) is 3. The predicted octanol–water partition coefficient (Wildman–Crippen LogP) is 9.46. The summed E-state index contributed by atoms with van der Waals surface area (Å²) in [5.41, 5.74) is 3.79. The number of piperazine rings is 1. The van der Waals surface area contributed by atoms with Gasteiger partial charge in [-0.25, -0.2) is 9.97 Å². The fourth-order valence-electron chi connectivity index (χ4n) is 5.75. The lowest BCUT2D eigenvalue weighted by Gasteiger charge is -2.34. The van der Waals surface area contributed by atoms with Crippen LogP contribution in [0.1, 0.15) is 33.4 Å². The van der Waals surface area contributed by atoms with Gasteiger partial charge in [0, 0.05) is 63.6 Å². The highest BCUT2D eigenvalue weighted by molar-refractivity contribution is 6.32. The van der Waals surface area contributed by atoms with Crippen LogP contribution in [0.5, 0.6) is 23.3 Å². The van der Waals surface area contributed by atoms with Crippen molar-refractivity contribution in [2.45, 2.75) is 32.7 Å². The van der Waals surface area contributed by atoms with Gasteiger partial charge in [0.1, 0.15) is 12.4 Å². The summed E-state index contributed by atoms with van der Waals surface area (Å²) in [6, 6.07) is 23.7. The SMILES string of the molecule is Cc1cc(C=CC(=O)N2CCN(Cc3ccc(CCOc4ccc(Cl)cn4)cc3)CC2)cc(Cl)c1Oc1ccc(OCc2ccc(C(F)(F)F)cc2)cn1. The van der Waals surface area contributed by atoms with Crippen LogP contribution in [0.15, 0.2) is 103 Å². The van der Waals surface area contributed by atoms with Crippen molar-refractivity contribution in [2.24, 2.45) is 0 Å². The van der Waals surface area contributed by atoms with Crippen molar-refractivity contribution in [1.82, 2.24) is 19.8 Å². The Morgan fingerprint density at radius 2 is 1.50 bits per heavy atom. The molecule has 280 valence electrons. The zero-order chi connectivity index (χ0) is 38.1. The molecule has 0 spiro atoms. The highest BCUT2D eigenvalue weighted by Crippen LogP contribution is 2.34. The minimum absolute atomic E-state index is 0.0612. The molecular formula is C41H37Cl2F3N4O4. The van der Waals surface area contributed by atoms with E-state index in [9.17, 15) is 18.0 Å². The van der Waals surface area contributed by atoms with Crippen LogP contribution >= 0.6 is 23.2 Å². The van der Waals surface area contributed by atoms with Crippen molar-refractivity contribution in [3.63, 3.8) is 0 Å². The van der Waals surface area contributed by atoms with Crippen molar-refractivity contribution >= 4 is 35.2 Å². The summed E-state index contributed by atoms with van der Waals surface area (Å²) in [7, 11) is 0. The molecule has 6 rings (SSSR count). The van der Waals surface area contributed by atoms with E-state index in [1.165, 1.54) is 29.5 Å². The smallest absolute Gasteiger partial charge is 0.416 e. The standard InChI is InChI=1S/C41H37Cl2F3N4O4/c1-28-22-32(23-36(43)40(28)54-38-14-12-35(25-48-38)53-27-31-6-9-33(10-7-31)41(44,45)46)8-15-39(51)50-19-17-49(18-20-50)26-30-4-2-29(3-5-30)16-21-52-37-13-11-34(42)24-47-37/h2-15,22-25H,16-21,26-27H2,1H3. The first-order chi connectivity index (χ1) is 26.0. The summed E-state index contributed by atoms with van der Waals surface area (Å²) in [5.74, 6) is 1.63. The second-order valence-corrected chi connectivity index (χ2v) is 13.6. The number of nitrogens with zero attached hydrogens (tertiary/aromatic N) is 4. The first-order valence-electron chi connectivity index (χ1n) is 17.2. The molecule has 1 aliphatic rings. The number of pyridine rings is 2. The van der Waals surface area contributed by atoms with E-state index in [0.717, 1.165) is 49.3 Å². The average Bonchev–Trinajstić information content (AvgIpc) is 3.16. The van der Waals surface area contributed by atoms with E-state index in [4.69, 9.17) is 37.4 Å². The summed E-state index contributed by atoms with van der Waals surface area (Å²) in [5, 5.41) is 0.933. The fourth-order valence-corrected chi connectivity index (χ4v) is 6.17. The number of hydrogen-bond acceptors (Lipinski definition) is 7. The van der Waals surface area contributed by atoms with Gasteiger partial charge in [-0.2, -0.15) is 13.2 Å². The Hall–Kier alpha value is -5.10. The van der Waals surface area contributed by atoms with Crippen LogP contribution in [0.2, 0.25) is 10.0 Å². The third-order valence-corrected chi connectivity index (χ3v) is 9.23. The quantitative estimate of drug-likeness (QED) is 0.110. The zero-order valence-corrected chi connectivity index (χ0v) is 30.9. The lowest BCUT2D eigenvalue weighted by molar-refractivity contribution is -0.137. The molecule has 0 unspecified atom stereocenters. The summed E-state index contributed by atoms with van der Waals surface area (Å²) in [6.07, 6.45) is 2.73. The largest absolute Gasteiger partial charge is 0.487 e. The van der Waals surface area contributed by atoms with Gasteiger partial charge in [0.15, 0.2) is 5.75 Å². The average molecular weight is 778 g/mol. The number of aryl methyl sites for hydroxylation is 1. The van der Waals surface area contributed by atoms with E-state index in [1.54, 1.807) is 48.7 Å². The van der Waals surface area contributed by atoms with E-state index in [-0.39, 0.29) is 18.4 Å². The molecule has 1 saturated heterocycles. The summed E-state index contributed by atoms with van der Waals surface area (Å²) >= 11 is 12.5. The third kappa shape index (κ3) is 11.0. The van der Waals surface area contributed by atoms with Crippen LogP contribution in [-0.4, -0.2) is 58.5 Å². The highest BCUT2D eigenvalue weighted by Gasteiger charge is 2.30. The number of rotatable bonds is 13. The number of halogens is 5. The lowest BCUT2D eigenvalue weighted by atomic mass is 10.1. The van der Waals surface area contributed by atoms with E-state index < -0.39 is 11.7 Å². The van der Waals surface area contributed by atoms with Gasteiger partial charge in [-0.1, -0.05) is 59.6 Å². The van der Waals surface area contributed by atoms with Crippen molar-refractivity contribution < 1.29 is 32.2 Å². The summed E-state index contributed by atoms with van der Waals surface area (Å²) < 4.78 is 55.7. The van der Waals surface area contributed by atoms with Crippen LogP contribution in [0.25, 0.3) is 6.08 Å². The van der Waals surface area contributed by atoms with Gasteiger partial charge in [0.25, 0.3) is 0 Å². The number of aromatic nitrogens is 2. The van der Waals surface area contributed by atoms with E-state index in [2.05, 4.69) is 39.1 Å². The topological polar surface area (TPSA) is 77.0 Å². The van der Waals surface area contributed by atoms with Gasteiger partial charge in [-0.15, -0.1) is 0 Å². The van der Waals surface area contributed by atoms with Gasteiger partial charge < -0.3 is 19.1 Å². The molecule has 3 aromatic carbocycles. The normalized spacial score (nSPS) is 13.6. The van der Waals surface area contributed by atoms with Crippen LogP contribution < -0.4 is 14.2 Å². The molecule has 0 radical (unpaired) electrons. The van der Waals surface area contributed by atoms with Crippen LogP contribution in [0.4, 0.5) is 13.2 Å². The lowest BCUT2D eigenvalue weighted by Crippen LogP contribution is -2.47. The Bertz CT molecular complexity index is 2010. The molecule has 1 fully saturated rings. The van der Waals surface area contributed by atoms with Crippen molar-refractivity contribution in [1.29, 1.82) is 0 Å². The second kappa shape index (κ2) is 17.8. The number of alkyl halides is 3. The molecule has 13 heteroatoms. The molecule has 5 aromatic rings. The Balaban J connectivity index is 0.929. The van der Waals surface area contributed by atoms with Gasteiger partial charge in [0.05, 0.1) is 28.4 Å². The van der Waals surface area contributed by atoms with E-state index >= 15 is 0 Å². The number of hydrogen-bond donors (Lipinski definition) is 0. The molecular weight excluding hydrogens is 740 g/mol. The second-order valence-electron chi connectivity index (χ2n) is 12.7. The predicted molar refractivity (Wildman–Crippen MR) is 202 cm³/mol. The molecule has 8 nitrogen and oxygen atoms in total. The molecule has 2 aromatic heterocycles. The van der Waals surface area contributed by atoms with Gasteiger partial charge in [0.2, 0.25) is 17.7 Å². The maximum atomic E-state index is 13.0.